The van der Waals surface area contributed by atoms with E-state index < -0.39 is 0 Å². The smallest absolute Gasteiger partial charge is 0.0899 e. The third kappa shape index (κ3) is 1.66. The van der Waals surface area contributed by atoms with E-state index in [1.807, 2.05) is 12.1 Å². The van der Waals surface area contributed by atoms with E-state index in [-0.39, 0.29) is 11.7 Å². The fraction of sp³-hybridized carbons (Fsp3) is 0.571. The summed E-state index contributed by atoms with van der Waals surface area (Å²) in [7, 11) is 1.76. The summed E-state index contributed by atoms with van der Waals surface area (Å²) in [6.07, 6.45) is 2.46. The molecule has 2 atom stereocenters. The number of aliphatic hydroxyl groups is 1. The number of hydrogen-bond acceptors (Lipinski definition) is 2. The molecule has 0 saturated heterocycles. The topological polar surface area (TPSA) is 29.5 Å². The molecule has 1 aromatic carbocycles. The summed E-state index contributed by atoms with van der Waals surface area (Å²) >= 11 is 0. The Labute approximate surface area is 97.3 Å². The van der Waals surface area contributed by atoms with Crippen LogP contribution in [0.4, 0.5) is 0 Å². The zero-order chi connectivity index (χ0) is 11.8. The summed E-state index contributed by atoms with van der Waals surface area (Å²) in [4.78, 5) is 0. The lowest BCUT2D eigenvalue weighted by molar-refractivity contribution is -0.00206. The minimum Gasteiger partial charge on any atom is -0.388 e. The summed E-state index contributed by atoms with van der Waals surface area (Å²) in [5.74, 6) is 0. The molecule has 0 aliphatic heterocycles. The van der Waals surface area contributed by atoms with Gasteiger partial charge in [0.15, 0.2) is 0 Å². The number of methoxy groups -OCH3 is 1. The first-order valence-electron chi connectivity index (χ1n) is 5.98. The van der Waals surface area contributed by atoms with E-state index in [0.717, 1.165) is 24.8 Å². The largest absolute Gasteiger partial charge is 0.388 e. The fourth-order valence-electron chi connectivity index (χ4n) is 2.57. The van der Waals surface area contributed by atoms with Crippen molar-refractivity contribution in [3.05, 3.63) is 34.9 Å². The molecule has 2 heteroatoms. The molecule has 0 fully saturated rings. The molecule has 2 unspecified atom stereocenters. The molecule has 0 bridgehead atoms. The Morgan fingerprint density at radius 2 is 2.25 bits per heavy atom. The van der Waals surface area contributed by atoms with Crippen LogP contribution < -0.4 is 0 Å². The Kier molecular flexibility index (Phi) is 3.04. The molecule has 2 rings (SSSR count). The molecular weight excluding hydrogens is 200 g/mol. The van der Waals surface area contributed by atoms with Crippen molar-refractivity contribution in [3.63, 3.8) is 0 Å². The molecule has 1 aliphatic carbocycles. The highest BCUT2D eigenvalue weighted by atomic mass is 16.5. The van der Waals surface area contributed by atoms with Gasteiger partial charge in [0.1, 0.15) is 0 Å². The molecule has 88 valence electrons. The molecule has 0 aromatic heterocycles. The second-order valence-electron chi connectivity index (χ2n) is 4.72. The van der Waals surface area contributed by atoms with Crippen molar-refractivity contribution in [2.24, 2.45) is 0 Å². The van der Waals surface area contributed by atoms with Gasteiger partial charge < -0.3 is 9.84 Å². The third-order valence-corrected chi connectivity index (χ3v) is 3.93. The first-order valence-corrected chi connectivity index (χ1v) is 5.98. The van der Waals surface area contributed by atoms with Gasteiger partial charge in [-0.25, -0.2) is 0 Å². The lowest BCUT2D eigenvalue weighted by Crippen LogP contribution is -2.24. The van der Waals surface area contributed by atoms with Crippen LogP contribution in [0, 0.1) is 0 Å². The van der Waals surface area contributed by atoms with Crippen LogP contribution >= 0.6 is 0 Å². The molecule has 0 amide bonds. The van der Waals surface area contributed by atoms with E-state index in [0.29, 0.717) is 0 Å². The number of ether oxygens (including phenoxy) is 1. The van der Waals surface area contributed by atoms with Crippen LogP contribution in [0.15, 0.2) is 18.2 Å². The SMILES string of the molecule is CCC(C)(OC)c1cccc2c1CCC2O. The Morgan fingerprint density at radius 1 is 1.50 bits per heavy atom. The maximum atomic E-state index is 9.88. The van der Waals surface area contributed by atoms with E-state index in [2.05, 4.69) is 19.9 Å². The van der Waals surface area contributed by atoms with Gasteiger partial charge in [0, 0.05) is 7.11 Å². The van der Waals surface area contributed by atoms with Crippen molar-refractivity contribution >= 4 is 0 Å². The highest BCUT2D eigenvalue weighted by Gasteiger charge is 2.31. The van der Waals surface area contributed by atoms with Crippen LogP contribution in [0.3, 0.4) is 0 Å². The second-order valence-corrected chi connectivity index (χ2v) is 4.72. The zero-order valence-electron chi connectivity index (χ0n) is 10.3. The Morgan fingerprint density at radius 3 is 2.88 bits per heavy atom. The quantitative estimate of drug-likeness (QED) is 0.848. The number of aliphatic hydroxyl groups excluding tert-OH is 1. The summed E-state index contributed by atoms with van der Waals surface area (Å²) in [5, 5.41) is 9.88. The van der Waals surface area contributed by atoms with Crippen LogP contribution in [-0.4, -0.2) is 12.2 Å². The van der Waals surface area contributed by atoms with E-state index >= 15 is 0 Å². The monoisotopic (exact) mass is 220 g/mol. The highest BCUT2D eigenvalue weighted by molar-refractivity contribution is 5.42. The molecule has 0 saturated carbocycles. The lowest BCUT2D eigenvalue weighted by Gasteiger charge is -2.29. The molecule has 0 spiro atoms. The van der Waals surface area contributed by atoms with Gasteiger partial charge in [-0.3, -0.25) is 0 Å². The molecule has 16 heavy (non-hydrogen) atoms. The molecule has 1 N–H and O–H groups in total. The van der Waals surface area contributed by atoms with Crippen molar-refractivity contribution in [1.29, 1.82) is 0 Å². The van der Waals surface area contributed by atoms with Crippen LogP contribution in [0.1, 0.15) is 49.5 Å². The Balaban J connectivity index is 2.51. The second kappa shape index (κ2) is 4.19. The van der Waals surface area contributed by atoms with Gasteiger partial charge in [-0.05, 0) is 42.9 Å². The van der Waals surface area contributed by atoms with Crippen molar-refractivity contribution in [3.8, 4) is 0 Å². The zero-order valence-corrected chi connectivity index (χ0v) is 10.3. The van der Waals surface area contributed by atoms with E-state index in [4.69, 9.17) is 4.74 Å². The molecule has 2 nitrogen and oxygen atoms in total. The predicted molar refractivity (Wildman–Crippen MR) is 64.4 cm³/mol. The predicted octanol–water partition coefficient (Wildman–Crippen LogP) is 2.94. The first kappa shape index (κ1) is 11.6. The molecule has 0 radical (unpaired) electrons. The summed E-state index contributed by atoms with van der Waals surface area (Å²) in [6.45, 7) is 4.25. The summed E-state index contributed by atoms with van der Waals surface area (Å²) < 4.78 is 5.65. The normalized spacial score (nSPS) is 22.9. The number of hydrogen-bond donors (Lipinski definition) is 1. The van der Waals surface area contributed by atoms with Crippen molar-refractivity contribution < 1.29 is 9.84 Å². The maximum Gasteiger partial charge on any atom is 0.0899 e. The van der Waals surface area contributed by atoms with Crippen molar-refractivity contribution in [2.45, 2.75) is 44.8 Å². The minimum absolute atomic E-state index is 0.227. The first-order chi connectivity index (χ1) is 7.62. The maximum absolute atomic E-state index is 9.88. The van der Waals surface area contributed by atoms with Crippen LogP contribution in [-0.2, 0) is 16.8 Å². The van der Waals surface area contributed by atoms with E-state index in [9.17, 15) is 5.11 Å². The standard InChI is InChI=1S/C14H20O2/c1-4-14(2,16-3)12-7-5-6-11-10(12)8-9-13(11)15/h5-7,13,15H,4,8-9H2,1-3H3. The average molecular weight is 220 g/mol. The third-order valence-electron chi connectivity index (χ3n) is 3.93. The van der Waals surface area contributed by atoms with Crippen LogP contribution in [0.2, 0.25) is 0 Å². The van der Waals surface area contributed by atoms with E-state index in [1.54, 1.807) is 7.11 Å². The summed E-state index contributed by atoms with van der Waals surface area (Å²) in [5.41, 5.74) is 3.40. The van der Waals surface area contributed by atoms with E-state index in [1.165, 1.54) is 11.1 Å². The van der Waals surface area contributed by atoms with Gasteiger partial charge in [-0.15, -0.1) is 0 Å². The number of benzene rings is 1. The molecule has 0 heterocycles. The van der Waals surface area contributed by atoms with Gasteiger partial charge in [0.25, 0.3) is 0 Å². The minimum atomic E-state index is -0.284. The number of fused-ring (bicyclic) bond motifs is 1. The molecular formula is C14H20O2. The van der Waals surface area contributed by atoms with Gasteiger partial charge in [-0.2, -0.15) is 0 Å². The van der Waals surface area contributed by atoms with Gasteiger partial charge >= 0.3 is 0 Å². The summed E-state index contributed by atoms with van der Waals surface area (Å²) in [6, 6.07) is 6.18. The van der Waals surface area contributed by atoms with Crippen molar-refractivity contribution in [2.75, 3.05) is 7.11 Å². The van der Waals surface area contributed by atoms with Gasteiger partial charge in [0.05, 0.1) is 11.7 Å². The Bertz CT molecular complexity index is 380. The average Bonchev–Trinajstić information content (AvgIpc) is 2.70. The Hall–Kier alpha value is -0.860. The van der Waals surface area contributed by atoms with Gasteiger partial charge in [0.2, 0.25) is 0 Å². The number of rotatable bonds is 3. The lowest BCUT2D eigenvalue weighted by atomic mass is 9.87. The molecule has 1 aromatic rings. The van der Waals surface area contributed by atoms with Crippen LogP contribution in [0.5, 0.6) is 0 Å². The van der Waals surface area contributed by atoms with Crippen molar-refractivity contribution in [1.82, 2.24) is 0 Å². The van der Waals surface area contributed by atoms with Gasteiger partial charge in [-0.1, -0.05) is 25.1 Å². The fourth-order valence-corrected chi connectivity index (χ4v) is 2.57. The van der Waals surface area contributed by atoms with Crippen LogP contribution in [0.25, 0.3) is 0 Å². The highest BCUT2D eigenvalue weighted by Crippen LogP contribution is 2.39. The molecule has 1 aliphatic rings.